The van der Waals surface area contributed by atoms with Gasteiger partial charge in [0.15, 0.2) is 0 Å². The highest BCUT2D eigenvalue weighted by Gasteiger charge is 2.47. The number of fused-ring (bicyclic) bond motifs is 1. The predicted molar refractivity (Wildman–Crippen MR) is 128 cm³/mol. The molecule has 35 heavy (non-hydrogen) atoms. The SMILES string of the molecule is O=C(CN1C(=O)N(Cc2nc(-c3ccccc3)no2)C(=O)C2CCCCC21)Nc1cccc(Cl)c1. The van der Waals surface area contributed by atoms with Crippen LogP contribution in [0, 0.1) is 5.92 Å². The molecular formula is C25H24ClN5O4. The van der Waals surface area contributed by atoms with Crippen molar-refractivity contribution < 1.29 is 18.9 Å². The summed E-state index contributed by atoms with van der Waals surface area (Å²) >= 11 is 6.01. The van der Waals surface area contributed by atoms with Gasteiger partial charge in [0.2, 0.25) is 23.5 Å². The molecule has 2 atom stereocenters. The number of carbonyl (C=O) groups is 3. The monoisotopic (exact) mass is 493 g/mol. The van der Waals surface area contributed by atoms with Crippen LogP contribution >= 0.6 is 11.6 Å². The molecule has 9 nitrogen and oxygen atoms in total. The molecule has 0 radical (unpaired) electrons. The van der Waals surface area contributed by atoms with Crippen LogP contribution in [-0.4, -0.2) is 50.4 Å². The van der Waals surface area contributed by atoms with Crippen molar-refractivity contribution in [2.45, 2.75) is 38.3 Å². The third kappa shape index (κ3) is 4.90. The van der Waals surface area contributed by atoms with Crippen molar-refractivity contribution >= 4 is 35.1 Å². The van der Waals surface area contributed by atoms with Crippen molar-refractivity contribution in [2.24, 2.45) is 5.92 Å². The zero-order valence-electron chi connectivity index (χ0n) is 18.9. The smallest absolute Gasteiger partial charge is 0.327 e. The van der Waals surface area contributed by atoms with Crippen LogP contribution in [0.15, 0.2) is 59.1 Å². The molecule has 1 aliphatic heterocycles. The highest BCUT2D eigenvalue weighted by Crippen LogP contribution is 2.35. The second-order valence-corrected chi connectivity index (χ2v) is 9.17. The first-order valence-electron chi connectivity index (χ1n) is 11.5. The molecule has 2 fully saturated rings. The number of carbonyl (C=O) groups excluding carboxylic acids is 3. The Morgan fingerprint density at radius 2 is 1.89 bits per heavy atom. The number of imide groups is 1. The van der Waals surface area contributed by atoms with Crippen molar-refractivity contribution in [3.8, 4) is 11.4 Å². The van der Waals surface area contributed by atoms with Gasteiger partial charge in [-0.1, -0.05) is 66.0 Å². The maximum absolute atomic E-state index is 13.5. The molecule has 1 aliphatic carbocycles. The Morgan fingerprint density at radius 1 is 1.09 bits per heavy atom. The van der Waals surface area contributed by atoms with Gasteiger partial charge in [-0.2, -0.15) is 4.98 Å². The summed E-state index contributed by atoms with van der Waals surface area (Å²) in [7, 11) is 0. The van der Waals surface area contributed by atoms with Crippen LogP contribution < -0.4 is 5.32 Å². The molecule has 2 aliphatic rings. The number of nitrogens with one attached hydrogen (secondary N) is 1. The number of amides is 4. The van der Waals surface area contributed by atoms with Crippen LogP contribution in [-0.2, 0) is 16.1 Å². The van der Waals surface area contributed by atoms with Gasteiger partial charge >= 0.3 is 6.03 Å². The molecule has 180 valence electrons. The lowest BCUT2D eigenvalue weighted by molar-refractivity contribution is -0.142. The van der Waals surface area contributed by atoms with Gasteiger partial charge in [-0.3, -0.25) is 14.5 Å². The minimum absolute atomic E-state index is 0.146. The Hall–Kier alpha value is -3.72. The van der Waals surface area contributed by atoms with Crippen molar-refractivity contribution in [2.75, 3.05) is 11.9 Å². The number of nitrogens with zero attached hydrogens (tertiary/aromatic N) is 4. The first-order chi connectivity index (χ1) is 17.0. The number of anilines is 1. The summed E-state index contributed by atoms with van der Waals surface area (Å²) in [4.78, 5) is 46.6. The number of rotatable bonds is 6. The van der Waals surface area contributed by atoms with Gasteiger partial charge in [0.05, 0.1) is 5.92 Å². The molecule has 0 spiro atoms. The van der Waals surface area contributed by atoms with Crippen molar-refractivity contribution in [3.05, 3.63) is 65.5 Å². The molecule has 1 saturated carbocycles. The fourth-order valence-electron chi connectivity index (χ4n) is 4.77. The Bertz CT molecular complexity index is 1250. The predicted octanol–water partition coefficient (Wildman–Crippen LogP) is 4.35. The van der Waals surface area contributed by atoms with Gasteiger partial charge in [0.1, 0.15) is 13.1 Å². The average Bonchev–Trinajstić information content (AvgIpc) is 3.34. The van der Waals surface area contributed by atoms with Gasteiger partial charge < -0.3 is 14.7 Å². The Kier molecular flexibility index (Phi) is 6.50. The quantitative estimate of drug-likeness (QED) is 0.546. The lowest BCUT2D eigenvalue weighted by Crippen LogP contribution is -2.63. The molecule has 5 rings (SSSR count). The van der Waals surface area contributed by atoms with Crippen LogP contribution in [0.5, 0.6) is 0 Å². The van der Waals surface area contributed by atoms with E-state index < -0.39 is 6.03 Å². The Labute approximate surface area is 207 Å². The minimum atomic E-state index is -0.529. The summed E-state index contributed by atoms with van der Waals surface area (Å²) in [6.07, 6.45) is 3.15. The van der Waals surface area contributed by atoms with E-state index in [0.29, 0.717) is 29.4 Å². The van der Waals surface area contributed by atoms with Crippen LogP contribution in [0.1, 0.15) is 31.6 Å². The average molecular weight is 494 g/mol. The maximum Gasteiger partial charge on any atom is 0.327 e. The summed E-state index contributed by atoms with van der Waals surface area (Å²) in [6, 6.07) is 15.3. The lowest BCUT2D eigenvalue weighted by atomic mass is 9.81. The number of urea groups is 1. The van der Waals surface area contributed by atoms with E-state index in [4.69, 9.17) is 16.1 Å². The lowest BCUT2D eigenvalue weighted by Gasteiger charge is -2.46. The van der Waals surface area contributed by atoms with Crippen LogP contribution in [0.4, 0.5) is 10.5 Å². The van der Waals surface area contributed by atoms with Crippen molar-refractivity contribution in [1.82, 2.24) is 19.9 Å². The number of halogens is 1. The molecule has 3 aromatic rings. The van der Waals surface area contributed by atoms with Crippen LogP contribution in [0.2, 0.25) is 5.02 Å². The second kappa shape index (κ2) is 9.87. The molecule has 0 bridgehead atoms. The molecular weight excluding hydrogens is 470 g/mol. The Balaban J connectivity index is 1.35. The highest BCUT2D eigenvalue weighted by molar-refractivity contribution is 6.30. The van der Waals surface area contributed by atoms with E-state index in [1.165, 1.54) is 4.90 Å². The molecule has 1 aromatic heterocycles. The Morgan fingerprint density at radius 3 is 2.69 bits per heavy atom. The zero-order valence-corrected chi connectivity index (χ0v) is 19.6. The molecule has 2 aromatic carbocycles. The van der Waals surface area contributed by atoms with E-state index in [9.17, 15) is 14.4 Å². The first-order valence-corrected chi connectivity index (χ1v) is 11.9. The molecule has 2 heterocycles. The fraction of sp³-hybridized carbons (Fsp3) is 0.320. The van der Waals surface area contributed by atoms with E-state index >= 15 is 0 Å². The van der Waals surface area contributed by atoms with Crippen molar-refractivity contribution in [1.29, 1.82) is 0 Å². The van der Waals surface area contributed by atoms with Crippen molar-refractivity contribution in [3.63, 3.8) is 0 Å². The third-order valence-electron chi connectivity index (χ3n) is 6.41. The largest absolute Gasteiger partial charge is 0.337 e. The highest BCUT2D eigenvalue weighted by atomic mass is 35.5. The topological polar surface area (TPSA) is 109 Å². The van der Waals surface area contributed by atoms with Gasteiger partial charge in [-0.25, -0.2) is 4.79 Å². The van der Waals surface area contributed by atoms with E-state index in [2.05, 4.69) is 15.5 Å². The van der Waals surface area contributed by atoms with Gasteiger partial charge in [-0.15, -0.1) is 0 Å². The van der Waals surface area contributed by atoms with E-state index in [-0.39, 0.29) is 42.8 Å². The summed E-state index contributed by atoms with van der Waals surface area (Å²) in [5.74, 6) is -0.445. The van der Waals surface area contributed by atoms with Crippen LogP contribution in [0.3, 0.4) is 0 Å². The maximum atomic E-state index is 13.5. The first kappa shape index (κ1) is 23.0. The number of aromatic nitrogens is 2. The molecule has 2 unspecified atom stereocenters. The van der Waals surface area contributed by atoms with E-state index in [0.717, 1.165) is 23.3 Å². The summed E-state index contributed by atoms with van der Waals surface area (Å²) in [6.45, 7) is -0.317. The number of benzene rings is 2. The zero-order chi connectivity index (χ0) is 24.4. The number of hydrogen-bond acceptors (Lipinski definition) is 6. The molecule has 10 heteroatoms. The molecule has 1 N–H and O–H groups in total. The molecule has 4 amide bonds. The third-order valence-corrected chi connectivity index (χ3v) is 6.64. The second-order valence-electron chi connectivity index (χ2n) is 8.73. The number of hydrogen-bond donors (Lipinski definition) is 1. The van der Waals surface area contributed by atoms with E-state index in [1.807, 2.05) is 30.3 Å². The summed E-state index contributed by atoms with van der Waals surface area (Å²) in [5.41, 5.74) is 1.31. The van der Waals surface area contributed by atoms with Crippen LogP contribution in [0.25, 0.3) is 11.4 Å². The summed E-state index contributed by atoms with van der Waals surface area (Å²) in [5, 5.41) is 7.26. The standard InChI is InChI=1S/C25H24ClN5O4/c26-17-9-6-10-18(13-17)27-21(32)14-30-20-12-5-4-11-19(20)24(33)31(25(30)34)15-22-28-23(29-35-22)16-7-2-1-3-8-16/h1-3,6-10,13,19-20H,4-5,11-12,14-15H2,(H,27,32). The normalized spacial score (nSPS) is 20.0. The van der Waals surface area contributed by atoms with Gasteiger partial charge in [-0.05, 0) is 31.0 Å². The van der Waals surface area contributed by atoms with Gasteiger partial charge in [0, 0.05) is 22.3 Å². The van der Waals surface area contributed by atoms with E-state index in [1.54, 1.807) is 24.3 Å². The fourth-order valence-corrected chi connectivity index (χ4v) is 4.96. The summed E-state index contributed by atoms with van der Waals surface area (Å²) < 4.78 is 5.34. The minimum Gasteiger partial charge on any atom is -0.337 e. The molecule has 1 saturated heterocycles. The van der Waals surface area contributed by atoms with Gasteiger partial charge in [0.25, 0.3) is 0 Å².